The summed E-state index contributed by atoms with van der Waals surface area (Å²) >= 11 is 0. The first-order chi connectivity index (χ1) is 11.5. The van der Waals surface area contributed by atoms with Gasteiger partial charge in [0, 0.05) is 5.69 Å². The summed E-state index contributed by atoms with van der Waals surface area (Å²) in [6.45, 7) is 2.36. The number of aromatic nitrogens is 2. The van der Waals surface area contributed by atoms with Crippen LogP contribution in [-0.4, -0.2) is 40.0 Å². The van der Waals surface area contributed by atoms with Crippen molar-refractivity contribution in [2.45, 2.75) is 19.8 Å². The molecule has 1 amide bonds. The topological polar surface area (TPSA) is 93.5 Å². The molecule has 1 aliphatic rings. The predicted octanol–water partition coefficient (Wildman–Crippen LogP) is 2.24. The maximum absolute atomic E-state index is 11.9. The van der Waals surface area contributed by atoms with Crippen LogP contribution in [0.25, 0.3) is 5.69 Å². The number of aromatic carboxylic acids is 1. The van der Waals surface area contributed by atoms with Crippen LogP contribution in [0.1, 0.15) is 28.9 Å². The molecule has 2 N–H and O–H groups in total. The number of nitrogens with one attached hydrogen (secondary N) is 1. The minimum Gasteiger partial charge on any atom is -0.478 e. The minimum atomic E-state index is -1.02. The number of amides is 1. The third-order valence-electron chi connectivity index (χ3n) is 3.90. The van der Waals surface area contributed by atoms with Gasteiger partial charge in [0.25, 0.3) is 0 Å². The van der Waals surface area contributed by atoms with Gasteiger partial charge in [-0.25, -0.2) is 9.48 Å². The quantitative estimate of drug-likeness (QED) is 0.812. The van der Waals surface area contributed by atoms with Crippen molar-refractivity contribution in [1.82, 2.24) is 9.78 Å². The minimum absolute atomic E-state index is 0.0324. The molecule has 0 saturated heterocycles. The largest absolute Gasteiger partial charge is 0.478 e. The first kappa shape index (κ1) is 16.2. The summed E-state index contributed by atoms with van der Waals surface area (Å²) < 4.78 is 6.89. The first-order valence-electron chi connectivity index (χ1n) is 7.80. The van der Waals surface area contributed by atoms with Crippen LogP contribution < -0.4 is 5.32 Å². The average molecular weight is 329 g/mol. The molecule has 1 saturated carbocycles. The van der Waals surface area contributed by atoms with Gasteiger partial charge in [0.1, 0.15) is 12.2 Å². The predicted molar refractivity (Wildman–Crippen MR) is 87.4 cm³/mol. The van der Waals surface area contributed by atoms with Crippen molar-refractivity contribution in [2.24, 2.45) is 5.92 Å². The molecule has 24 heavy (non-hydrogen) atoms. The molecular weight excluding hydrogens is 310 g/mol. The molecule has 0 bridgehead atoms. The lowest BCUT2D eigenvalue weighted by molar-refractivity contribution is -0.120. The van der Waals surface area contributed by atoms with E-state index in [0.29, 0.717) is 29.6 Å². The van der Waals surface area contributed by atoms with Gasteiger partial charge in [-0.05, 0) is 43.9 Å². The third kappa shape index (κ3) is 3.80. The summed E-state index contributed by atoms with van der Waals surface area (Å²) in [5, 5.41) is 16.0. The maximum Gasteiger partial charge on any atom is 0.339 e. The van der Waals surface area contributed by atoms with Crippen molar-refractivity contribution < 1.29 is 19.4 Å². The molecule has 0 spiro atoms. The lowest BCUT2D eigenvalue weighted by atomic mass is 10.2. The zero-order valence-corrected chi connectivity index (χ0v) is 13.4. The highest BCUT2D eigenvalue weighted by Gasteiger charge is 2.21. The Balaban J connectivity index is 1.67. The van der Waals surface area contributed by atoms with Crippen LogP contribution in [0, 0.1) is 12.8 Å². The summed E-state index contributed by atoms with van der Waals surface area (Å²) in [5.41, 5.74) is 1.97. The number of hydrogen-bond acceptors (Lipinski definition) is 4. The molecule has 1 fully saturated rings. The summed E-state index contributed by atoms with van der Waals surface area (Å²) in [7, 11) is 0. The fraction of sp³-hybridized carbons (Fsp3) is 0.353. The van der Waals surface area contributed by atoms with E-state index in [0.717, 1.165) is 0 Å². The zero-order valence-electron chi connectivity index (χ0n) is 13.4. The first-order valence-corrected chi connectivity index (χ1v) is 7.80. The number of nitrogens with zero attached hydrogens (tertiary/aromatic N) is 2. The van der Waals surface area contributed by atoms with Gasteiger partial charge in [-0.2, -0.15) is 5.10 Å². The van der Waals surface area contributed by atoms with Crippen LogP contribution in [0.3, 0.4) is 0 Å². The van der Waals surface area contributed by atoms with Crippen LogP contribution in [0.15, 0.2) is 30.5 Å². The van der Waals surface area contributed by atoms with Crippen LogP contribution in [0.5, 0.6) is 0 Å². The van der Waals surface area contributed by atoms with Crippen molar-refractivity contribution >= 4 is 17.6 Å². The smallest absolute Gasteiger partial charge is 0.339 e. The second-order valence-corrected chi connectivity index (χ2v) is 5.92. The van der Waals surface area contributed by atoms with Crippen molar-refractivity contribution in [2.75, 3.05) is 18.5 Å². The zero-order chi connectivity index (χ0) is 17.1. The molecule has 0 unspecified atom stereocenters. The number of anilines is 1. The van der Waals surface area contributed by atoms with Gasteiger partial charge in [0.2, 0.25) is 5.91 Å². The van der Waals surface area contributed by atoms with Crippen molar-refractivity contribution in [3.8, 4) is 5.69 Å². The Kier molecular flexibility index (Phi) is 4.61. The van der Waals surface area contributed by atoms with Gasteiger partial charge in [-0.1, -0.05) is 6.07 Å². The lowest BCUT2D eigenvalue weighted by Crippen LogP contribution is -2.19. The van der Waals surface area contributed by atoms with Gasteiger partial charge in [-0.3, -0.25) is 4.79 Å². The Labute approximate surface area is 139 Å². The van der Waals surface area contributed by atoms with E-state index in [1.807, 2.05) is 0 Å². The van der Waals surface area contributed by atoms with Gasteiger partial charge >= 0.3 is 5.97 Å². The molecule has 7 nitrogen and oxygen atoms in total. The van der Waals surface area contributed by atoms with Crippen LogP contribution in [0.4, 0.5) is 5.69 Å². The van der Waals surface area contributed by atoms with Gasteiger partial charge in [0.15, 0.2) is 0 Å². The van der Waals surface area contributed by atoms with E-state index >= 15 is 0 Å². The standard InChI is InChI=1S/C17H19N3O4/c1-11-15(17(22)23)8-18-20(11)14-4-2-3-13(7-14)19-16(21)10-24-9-12-5-6-12/h2-4,7-8,12H,5-6,9-10H2,1H3,(H,19,21)(H,22,23). The summed E-state index contributed by atoms with van der Waals surface area (Å²) in [6, 6.07) is 7.08. The van der Waals surface area contributed by atoms with Crippen molar-refractivity contribution in [3.05, 3.63) is 41.7 Å². The highest BCUT2D eigenvalue weighted by atomic mass is 16.5. The fourth-order valence-corrected chi connectivity index (χ4v) is 2.40. The molecule has 1 aromatic heterocycles. The van der Waals surface area contributed by atoms with E-state index in [4.69, 9.17) is 9.84 Å². The Bertz CT molecular complexity index is 765. The third-order valence-corrected chi connectivity index (χ3v) is 3.90. The van der Waals surface area contributed by atoms with Gasteiger partial charge in [0.05, 0.1) is 24.2 Å². The Morgan fingerprint density at radius 1 is 1.42 bits per heavy atom. The van der Waals surface area contributed by atoms with Crippen molar-refractivity contribution in [3.63, 3.8) is 0 Å². The Hall–Kier alpha value is -2.67. The number of rotatable bonds is 7. The second kappa shape index (κ2) is 6.84. The van der Waals surface area contributed by atoms with Gasteiger partial charge in [-0.15, -0.1) is 0 Å². The molecule has 1 aliphatic carbocycles. The van der Waals surface area contributed by atoms with E-state index < -0.39 is 5.97 Å². The van der Waals surface area contributed by atoms with Gasteiger partial charge < -0.3 is 15.2 Å². The maximum atomic E-state index is 11.9. The number of carboxylic acid groups (broad SMARTS) is 1. The lowest BCUT2D eigenvalue weighted by Gasteiger charge is -2.09. The molecule has 7 heteroatoms. The van der Waals surface area contributed by atoms with Crippen LogP contribution in [-0.2, 0) is 9.53 Å². The van der Waals surface area contributed by atoms with E-state index in [9.17, 15) is 9.59 Å². The number of benzene rings is 1. The van der Waals surface area contributed by atoms with Crippen LogP contribution in [0.2, 0.25) is 0 Å². The SMILES string of the molecule is Cc1c(C(=O)O)cnn1-c1cccc(NC(=O)COCC2CC2)c1. The molecule has 0 atom stereocenters. The molecule has 3 rings (SSSR count). The number of ether oxygens (including phenoxy) is 1. The molecule has 2 aromatic rings. The molecule has 1 aromatic carbocycles. The normalized spacial score (nSPS) is 13.7. The second-order valence-electron chi connectivity index (χ2n) is 5.92. The highest BCUT2D eigenvalue weighted by Crippen LogP contribution is 2.28. The molecule has 0 aliphatic heterocycles. The number of carbonyl (C=O) groups is 2. The van der Waals surface area contributed by atoms with E-state index in [-0.39, 0.29) is 18.1 Å². The van der Waals surface area contributed by atoms with Crippen LogP contribution >= 0.6 is 0 Å². The highest BCUT2D eigenvalue weighted by molar-refractivity contribution is 5.92. The Morgan fingerprint density at radius 2 is 2.21 bits per heavy atom. The average Bonchev–Trinajstić information content (AvgIpc) is 3.27. The summed E-state index contributed by atoms with van der Waals surface area (Å²) in [5.74, 6) is -0.611. The molecule has 1 heterocycles. The summed E-state index contributed by atoms with van der Waals surface area (Å²) in [4.78, 5) is 23.0. The number of carboxylic acids is 1. The van der Waals surface area contributed by atoms with Crippen molar-refractivity contribution in [1.29, 1.82) is 0 Å². The monoisotopic (exact) mass is 329 g/mol. The molecule has 126 valence electrons. The molecular formula is C17H19N3O4. The van der Waals surface area contributed by atoms with E-state index in [2.05, 4.69) is 10.4 Å². The van der Waals surface area contributed by atoms with E-state index in [1.54, 1.807) is 31.2 Å². The number of carbonyl (C=O) groups excluding carboxylic acids is 1. The summed E-state index contributed by atoms with van der Waals surface area (Å²) in [6.07, 6.45) is 3.69. The fourth-order valence-electron chi connectivity index (χ4n) is 2.40. The number of hydrogen-bond donors (Lipinski definition) is 2. The Morgan fingerprint density at radius 3 is 2.88 bits per heavy atom. The van der Waals surface area contributed by atoms with E-state index in [1.165, 1.54) is 23.7 Å². The molecule has 0 radical (unpaired) electrons.